The largest absolute Gasteiger partial charge is 0.497 e. The molecule has 4 rings (SSSR count). The van der Waals surface area contributed by atoms with E-state index in [4.69, 9.17) is 4.74 Å². The Bertz CT molecular complexity index is 1400. The average molecular weight is 528 g/mol. The first-order valence-electron chi connectivity index (χ1n) is 12.6. The van der Waals surface area contributed by atoms with E-state index >= 15 is 0 Å². The predicted molar refractivity (Wildman–Crippen MR) is 146 cm³/mol. The van der Waals surface area contributed by atoms with Gasteiger partial charge in [-0.25, -0.2) is 0 Å². The quantitative estimate of drug-likeness (QED) is 0.353. The SMILES string of the molecule is COc1ccc(CN(C(=O)Cn2nnc(-c3ccc(C)cc3)n2)C(C(=O)NC(C)(C)C)c2ccncc2)cc1. The van der Waals surface area contributed by atoms with E-state index in [2.05, 4.69) is 25.7 Å². The number of hydrogen-bond acceptors (Lipinski definition) is 7. The van der Waals surface area contributed by atoms with Crippen molar-refractivity contribution in [1.82, 2.24) is 35.4 Å². The van der Waals surface area contributed by atoms with Gasteiger partial charge >= 0.3 is 0 Å². The number of ether oxygens (including phenoxy) is 1. The highest BCUT2D eigenvalue weighted by atomic mass is 16.5. The zero-order valence-electron chi connectivity index (χ0n) is 22.8. The van der Waals surface area contributed by atoms with Crippen molar-refractivity contribution in [2.45, 2.75) is 52.4 Å². The van der Waals surface area contributed by atoms with Crippen molar-refractivity contribution < 1.29 is 14.3 Å². The van der Waals surface area contributed by atoms with E-state index in [-0.39, 0.29) is 24.9 Å². The summed E-state index contributed by atoms with van der Waals surface area (Å²) in [4.78, 5) is 34.4. The van der Waals surface area contributed by atoms with Crippen LogP contribution in [0.15, 0.2) is 73.1 Å². The molecule has 39 heavy (non-hydrogen) atoms. The number of benzene rings is 2. The summed E-state index contributed by atoms with van der Waals surface area (Å²) in [7, 11) is 1.59. The number of nitrogens with zero attached hydrogens (tertiary/aromatic N) is 6. The highest BCUT2D eigenvalue weighted by molar-refractivity contribution is 5.89. The van der Waals surface area contributed by atoms with E-state index in [1.807, 2.05) is 76.2 Å². The molecule has 0 saturated carbocycles. The number of aromatic nitrogens is 5. The molecule has 0 spiro atoms. The number of hydrogen-bond donors (Lipinski definition) is 1. The Labute approximate surface area is 228 Å². The minimum absolute atomic E-state index is 0.174. The lowest BCUT2D eigenvalue weighted by atomic mass is 10.0. The molecule has 1 atom stereocenters. The van der Waals surface area contributed by atoms with Crippen LogP contribution in [0.2, 0.25) is 0 Å². The van der Waals surface area contributed by atoms with Crippen molar-refractivity contribution in [1.29, 1.82) is 0 Å². The number of aryl methyl sites for hydroxylation is 1. The van der Waals surface area contributed by atoms with Gasteiger partial charge in [0, 0.05) is 30.0 Å². The zero-order chi connectivity index (χ0) is 28.0. The highest BCUT2D eigenvalue weighted by Crippen LogP contribution is 2.26. The molecule has 2 aromatic carbocycles. The van der Waals surface area contributed by atoms with E-state index in [9.17, 15) is 9.59 Å². The van der Waals surface area contributed by atoms with Gasteiger partial charge < -0.3 is 15.0 Å². The van der Waals surface area contributed by atoms with Crippen LogP contribution < -0.4 is 10.1 Å². The molecule has 0 bridgehead atoms. The van der Waals surface area contributed by atoms with E-state index in [1.165, 1.54) is 9.70 Å². The number of tetrazole rings is 1. The second-order valence-electron chi connectivity index (χ2n) is 10.3. The maximum atomic E-state index is 13.9. The number of amides is 2. The predicted octanol–water partition coefficient (Wildman–Crippen LogP) is 3.74. The van der Waals surface area contributed by atoms with Gasteiger partial charge in [0.15, 0.2) is 0 Å². The van der Waals surface area contributed by atoms with Crippen molar-refractivity contribution in [2.75, 3.05) is 7.11 Å². The lowest BCUT2D eigenvalue weighted by Crippen LogP contribution is -2.49. The van der Waals surface area contributed by atoms with Gasteiger partial charge in [-0.3, -0.25) is 14.6 Å². The van der Waals surface area contributed by atoms with Crippen LogP contribution in [-0.4, -0.2) is 54.6 Å². The summed E-state index contributed by atoms with van der Waals surface area (Å²) in [5.74, 6) is 0.468. The first-order chi connectivity index (χ1) is 18.6. The fourth-order valence-electron chi connectivity index (χ4n) is 4.05. The van der Waals surface area contributed by atoms with Crippen molar-refractivity contribution in [3.63, 3.8) is 0 Å². The van der Waals surface area contributed by atoms with E-state index < -0.39 is 11.6 Å². The molecule has 0 aliphatic rings. The Balaban J connectivity index is 1.68. The number of carbonyl (C=O) groups excluding carboxylic acids is 2. The average Bonchev–Trinajstić information content (AvgIpc) is 3.37. The monoisotopic (exact) mass is 527 g/mol. The van der Waals surface area contributed by atoms with E-state index in [0.717, 1.165) is 16.7 Å². The Hall–Kier alpha value is -4.60. The lowest BCUT2D eigenvalue weighted by molar-refractivity contribution is -0.143. The zero-order valence-corrected chi connectivity index (χ0v) is 22.8. The molecule has 202 valence electrons. The van der Waals surface area contributed by atoms with Gasteiger partial charge in [0.1, 0.15) is 18.3 Å². The molecule has 10 heteroatoms. The van der Waals surface area contributed by atoms with Gasteiger partial charge in [-0.1, -0.05) is 42.0 Å². The Morgan fingerprint density at radius 1 is 1.00 bits per heavy atom. The molecule has 1 unspecified atom stereocenters. The molecule has 4 aromatic rings. The van der Waals surface area contributed by atoms with Crippen LogP contribution in [0.25, 0.3) is 11.4 Å². The van der Waals surface area contributed by atoms with Gasteiger partial charge in [-0.05, 0) is 68.3 Å². The molecular weight excluding hydrogens is 494 g/mol. The van der Waals surface area contributed by atoms with E-state index in [1.54, 1.807) is 31.6 Å². The molecule has 1 N–H and O–H groups in total. The minimum atomic E-state index is -0.915. The maximum Gasteiger partial charge on any atom is 0.247 e. The smallest absolute Gasteiger partial charge is 0.247 e. The van der Waals surface area contributed by atoms with Crippen molar-refractivity contribution in [3.05, 3.63) is 89.7 Å². The van der Waals surface area contributed by atoms with Gasteiger partial charge in [0.25, 0.3) is 0 Å². The van der Waals surface area contributed by atoms with Crippen LogP contribution >= 0.6 is 0 Å². The molecule has 0 aliphatic heterocycles. The van der Waals surface area contributed by atoms with Gasteiger partial charge in [0.05, 0.1) is 7.11 Å². The summed E-state index contributed by atoms with van der Waals surface area (Å²) in [5, 5.41) is 15.7. The third-order valence-electron chi connectivity index (χ3n) is 5.95. The second-order valence-corrected chi connectivity index (χ2v) is 10.3. The first kappa shape index (κ1) is 27.4. The molecule has 2 heterocycles. The Morgan fingerprint density at radius 2 is 1.67 bits per heavy atom. The molecule has 0 fully saturated rings. The minimum Gasteiger partial charge on any atom is -0.497 e. The Morgan fingerprint density at radius 3 is 2.28 bits per heavy atom. The molecule has 0 radical (unpaired) electrons. The maximum absolute atomic E-state index is 13.9. The summed E-state index contributed by atoms with van der Waals surface area (Å²) in [5.41, 5.74) is 2.88. The molecule has 0 saturated heterocycles. The van der Waals surface area contributed by atoms with Crippen molar-refractivity contribution in [3.8, 4) is 17.1 Å². The molecule has 10 nitrogen and oxygen atoms in total. The van der Waals surface area contributed by atoms with Crippen LogP contribution in [0.4, 0.5) is 0 Å². The number of pyridine rings is 1. The fraction of sp³-hybridized carbons (Fsp3) is 0.310. The third-order valence-corrected chi connectivity index (χ3v) is 5.95. The third kappa shape index (κ3) is 7.25. The van der Waals surface area contributed by atoms with Crippen LogP contribution in [-0.2, 0) is 22.7 Å². The standard InChI is InChI=1S/C29H33N7O3/c1-20-6-10-23(11-7-20)27-32-34-36(33-27)19-25(37)35(18-21-8-12-24(39-5)13-9-21)26(22-14-16-30-17-15-22)28(38)31-29(2,3)4/h6-17,26H,18-19H2,1-5H3,(H,31,38). The summed E-state index contributed by atoms with van der Waals surface area (Å²) in [6.07, 6.45) is 3.21. The number of methoxy groups -OCH3 is 1. The summed E-state index contributed by atoms with van der Waals surface area (Å²) < 4.78 is 5.28. The van der Waals surface area contributed by atoms with Crippen molar-refractivity contribution >= 4 is 11.8 Å². The van der Waals surface area contributed by atoms with Gasteiger partial charge in [-0.2, -0.15) is 4.80 Å². The fourth-order valence-corrected chi connectivity index (χ4v) is 4.05. The summed E-state index contributed by atoms with van der Waals surface area (Å²) >= 11 is 0. The molecule has 2 amide bonds. The molecule has 0 aliphatic carbocycles. The second kappa shape index (κ2) is 11.8. The van der Waals surface area contributed by atoms with Gasteiger partial charge in [0.2, 0.25) is 17.6 Å². The van der Waals surface area contributed by atoms with Crippen LogP contribution in [0.1, 0.15) is 43.5 Å². The molecular formula is C29H33N7O3. The highest BCUT2D eigenvalue weighted by Gasteiger charge is 2.33. The lowest BCUT2D eigenvalue weighted by Gasteiger charge is -2.33. The van der Waals surface area contributed by atoms with E-state index in [0.29, 0.717) is 17.1 Å². The Kier molecular flexibility index (Phi) is 8.33. The normalized spacial score (nSPS) is 12.0. The van der Waals surface area contributed by atoms with Crippen LogP contribution in [0.3, 0.4) is 0 Å². The summed E-state index contributed by atoms with van der Waals surface area (Å²) in [6.45, 7) is 7.67. The number of nitrogens with one attached hydrogen (secondary N) is 1. The number of carbonyl (C=O) groups is 2. The first-order valence-corrected chi connectivity index (χ1v) is 12.6. The van der Waals surface area contributed by atoms with Crippen molar-refractivity contribution in [2.24, 2.45) is 0 Å². The van der Waals surface area contributed by atoms with Crippen LogP contribution in [0.5, 0.6) is 5.75 Å². The van der Waals surface area contributed by atoms with Crippen LogP contribution in [0, 0.1) is 6.92 Å². The molecule has 2 aromatic heterocycles. The van der Waals surface area contributed by atoms with Gasteiger partial charge in [-0.15, -0.1) is 10.2 Å². The number of rotatable bonds is 9. The summed E-state index contributed by atoms with van der Waals surface area (Å²) in [6, 6.07) is 17.7. The topological polar surface area (TPSA) is 115 Å².